The second-order valence-electron chi connectivity index (χ2n) is 8.37. The Kier molecular flexibility index (Phi) is 6.95. The summed E-state index contributed by atoms with van der Waals surface area (Å²) in [6, 6.07) is 29.6. The normalized spacial score (nSPS) is 10.7. The Morgan fingerprint density at radius 3 is 2.13 bits per heavy atom. The van der Waals surface area contributed by atoms with Gasteiger partial charge in [0.1, 0.15) is 23.9 Å². The number of carbonyl (C=O) groups excluding carboxylic acids is 1. The van der Waals surface area contributed by atoms with Crippen molar-refractivity contribution >= 4 is 22.6 Å². The van der Waals surface area contributed by atoms with Gasteiger partial charge in [0.05, 0.1) is 28.8 Å². The Labute approximate surface area is 218 Å². The maximum atomic E-state index is 13.2. The van der Waals surface area contributed by atoms with Gasteiger partial charge in [-0.15, -0.1) is 0 Å². The number of pyridine rings is 1. The molecule has 0 spiro atoms. The van der Waals surface area contributed by atoms with Crippen LogP contribution in [0.3, 0.4) is 0 Å². The average Bonchev–Trinajstić information content (AvgIpc) is 2.96. The van der Waals surface area contributed by atoms with Crippen LogP contribution in [0.2, 0.25) is 0 Å². The quantitative estimate of drug-likeness (QED) is 0.127. The summed E-state index contributed by atoms with van der Waals surface area (Å²) in [5.41, 5.74) is 3.41. The van der Waals surface area contributed by atoms with Crippen molar-refractivity contribution in [2.75, 3.05) is 7.11 Å². The fourth-order valence-corrected chi connectivity index (χ4v) is 3.91. The Balaban J connectivity index is 1.30. The lowest BCUT2D eigenvalue weighted by Gasteiger charge is -2.11. The second-order valence-corrected chi connectivity index (χ2v) is 8.37. The van der Waals surface area contributed by atoms with Crippen molar-refractivity contribution < 1.29 is 23.9 Å². The Bertz CT molecular complexity index is 1600. The Hall–Kier alpha value is -5.24. The van der Waals surface area contributed by atoms with Crippen LogP contribution < -0.4 is 9.47 Å². The average molecular weight is 507 g/mol. The van der Waals surface area contributed by atoms with Gasteiger partial charge >= 0.3 is 5.97 Å². The maximum Gasteiger partial charge on any atom is 0.339 e. The van der Waals surface area contributed by atoms with Crippen molar-refractivity contribution in [3.63, 3.8) is 0 Å². The molecule has 8 nitrogen and oxygen atoms in total. The molecule has 0 bridgehead atoms. The van der Waals surface area contributed by atoms with E-state index < -0.39 is 10.9 Å². The molecule has 0 fully saturated rings. The molecule has 0 N–H and O–H groups in total. The van der Waals surface area contributed by atoms with E-state index in [9.17, 15) is 14.9 Å². The van der Waals surface area contributed by atoms with Crippen LogP contribution in [-0.2, 0) is 11.3 Å². The molecule has 0 saturated heterocycles. The third-order valence-corrected chi connectivity index (χ3v) is 5.90. The van der Waals surface area contributed by atoms with E-state index >= 15 is 0 Å². The minimum Gasteiger partial charge on any atom is -0.497 e. The molecule has 0 unspecified atom stereocenters. The number of esters is 1. The molecular formula is C30H22N2O6. The summed E-state index contributed by atoms with van der Waals surface area (Å²) < 4.78 is 16.6. The number of hydrogen-bond acceptors (Lipinski definition) is 7. The molecule has 1 heterocycles. The highest BCUT2D eigenvalue weighted by Crippen LogP contribution is 2.28. The molecule has 0 saturated carbocycles. The summed E-state index contributed by atoms with van der Waals surface area (Å²) in [4.78, 5) is 28.2. The van der Waals surface area contributed by atoms with Crippen molar-refractivity contribution in [3.8, 4) is 28.5 Å². The third kappa shape index (κ3) is 5.44. The summed E-state index contributed by atoms with van der Waals surface area (Å²) in [6.07, 6.45) is 0. The number of rotatable bonds is 8. The van der Waals surface area contributed by atoms with Gasteiger partial charge in [-0.3, -0.25) is 10.1 Å². The number of fused-ring (bicyclic) bond motifs is 1. The lowest BCUT2D eigenvalue weighted by atomic mass is 10.0. The van der Waals surface area contributed by atoms with Crippen LogP contribution in [0.25, 0.3) is 22.2 Å². The van der Waals surface area contributed by atoms with Crippen molar-refractivity contribution in [3.05, 3.63) is 124 Å². The zero-order chi connectivity index (χ0) is 26.5. The Morgan fingerprint density at radius 1 is 0.842 bits per heavy atom. The van der Waals surface area contributed by atoms with Crippen LogP contribution in [0.4, 0.5) is 5.69 Å². The fraction of sp³-hybridized carbons (Fsp3) is 0.0667. The van der Waals surface area contributed by atoms with Gasteiger partial charge in [-0.25, -0.2) is 9.78 Å². The molecule has 0 aliphatic rings. The predicted octanol–water partition coefficient (Wildman–Crippen LogP) is 6.97. The lowest BCUT2D eigenvalue weighted by molar-refractivity contribution is -0.384. The van der Waals surface area contributed by atoms with Crippen molar-refractivity contribution in [2.45, 2.75) is 6.61 Å². The smallest absolute Gasteiger partial charge is 0.339 e. The fourth-order valence-electron chi connectivity index (χ4n) is 3.91. The minimum absolute atomic E-state index is 0.00684. The highest BCUT2D eigenvalue weighted by Gasteiger charge is 2.16. The number of hydrogen-bond donors (Lipinski definition) is 0. The standard InChI is InChI=1S/C30H22N2O6/c1-36-23-14-8-21(9-15-23)29-18-27(26-4-2-3-5-28(26)31-29)30(33)37-19-20-6-12-24(13-7-20)38-25-16-10-22(11-17-25)32(34)35/h2-18H,19H2,1H3. The number of nitro groups is 1. The molecule has 38 heavy (non-hydrogen) atoms. The van der Waals surface area contributed by atoms with E-state index in [1.807, 2.05) is 48.5 Å². The molecule has 5 aromatic rings. The highest BCUT2D eigenvalue weighted by molar-refractivity contribution is 6.04. The van der Waals surface area contributed by atoms with E-state index in [1.165, 1.54) is 24.3 Å². The number of carbonyl (C=O) groups is 1. The topological polar surface area (TPSA) is 101 Å². The number of non-ortho nitro benzene ring substituents is 1. The van der Waals surface area contributed by atoms with E-state index in [-0.39, 0.29) is 12.3 Å². The van der Waals surface area contributed by atoms with E-state index in [4.69, 9.17) is 19.2 Å². The highest BCUT2D eigenvalue weighted by atomic mass is 16.6. The van der Waals surface area contributed by atoms with Gasteiger partial charge in [-0.05, 0) is 66.2 Å². The number of benzene rings is 4. The molecule has 5 rings (SSSR count). The molecule has 1 aromatic heterocycles. The maximum absolute atomic E-state index is 13.2. The summed E-state index contributed by atoms with van der Waals surface area (Å²) >= 11 is 0. The van der Waals surface area contributed by atoms with Gasteiger partial charge in [0.25, 0.3) is 5.69 Å². The summed E-state index contributed by atoms with van der Waals surface area (Å²) in [7, 11) is 1.61. The zero-order valence-corrected chi connectivity index (χ0v) is 20.4. The zero-order valence-electron chi connectivity index (χ0n) is 20.4. The first-order chi connectivity index (χ1) is 18.5. The van der Waals surface area contributed by atoms with Crippen LogP contribution >= 0.6 is 0 Å². The van der Waals surface area contributed by atoms with Crippen LogP contribution in [0, 0.1) is 10.1 Å². The van der Waals surface area contributed by atoms with Crippen LogP contribution in [0.5, 0.6) is 17.2 Å². The number of para-hydroxylation sites is 1. The van der Waals surface area contributed by atoms with Gasteiger partial charge in [0, 0.05) is 23.1 Å². The van der Waals surface area contributed by atoms with Gasteiger partial charge in [0.2, 0.25) is 0 Å². The summed E-state index contributed by atoms with van der Waals surface area (Å²) in [5, 5.41) is 11.5. The van der Waals surface area contributed by atoms with E-state index in [2.05, 4.69) is 0 Å². The number of aromatic nitrogens is 1. The summed E-state index contributed by atoms with van der Waals surface area (Å²) in [5.74, 6) is 1.31. The van der Waals surface area contributed by atoms with E-state index in [0.29, 0.717) is 33.7 Å². The molecule has 188 valence electrons. The minimum atomic E-state index is -0.464. The number of ether oxygens (including phenoxy) is 3. The van der Waals surface area contributed by atoms with Crippen molar-refractivity contribution in [1.29, 1.82) is 0 Å². The number of nitro benzene ring substituents is 1. The van der Waals surface area contributed by atoms with Crippen LogP contribution in [0.1, 0.15) is 15.9 Å². The monoisotopic (exact) mass is 506 g/mol. The van der Waals surface area contributed by atoms with Crippen LogP contribution in [-0.4, -0.2) is 23.0 Å². The SMILES string of the molecule is COc1ccc(-c2cc(C(=O)OCc3ccc(Oc4ccc([N+](=O)[O-])cc4)cc3)c3ccccc3n2)cc1. The van der Waals surface area contributed by atoms with Gasteiger partial charge in [0.15, 0.2) is 0 Å². The van der Waals surface area contributed by atoms with Crippen molar-refractivity contribution in [1.82, 2.24) is 4.98 Å². The molecule has 0 radical (unpaired) electrons. The lowest BCUT2D eigenvalue weighted by Crippen LogP contribution is -2.07. The first-order valence-corrected chi connectivity index (χ1v) is 11.7. The Morgan fingerprint density at radius 2 is 1.47 bits per heavy atom. The summed E-state index contributed by atoms with van der Waals surface area (Å²) in [6.45, 7) is 0.0746. The van der Waals surface area contributed by atoms with Gasteiger partial charge in [-0.2, -0.15) is 0 Å². The van der Waals surface area contributed by atoms with Crippen molar-refractivity contribution in [2.24, 2.45) is 0 Å². The van der Waals surface area contributed by atoms with E-state index in [1.54, 1.807) is 37.4 Å². The van der Waals surface area contributed by atoms with Gasteiger partial charge < -0.3 is 14.2 Å². The molecule has 8 heteroatoms. The number of methoxy groups -OCH3 is 1. The second kappa shape index (κ2) is 10.8. The first-order valence-electron chi connectivity index (χ1n) is 11.7. The molecular weight excluding hydrogens is 484 g/mol. The first kappa shape index (κ1) is 24.5. The van der Waals surface area contributed by atoms with E-state index in [0.717, 1.165) is 16.9 Å². The molecule has 0 aliphatic heterocycles. The van der Waals surface area contributed by atoms with Gasteiger partial charge in [-0.1, -0.05) is 30.3 Å². The molecule has 4 aromatic carbocycles. The molecule has 0 amide bonds. The molecule has 0 aliphatic carbocycles. The predicted molar refractivity (Wildman–Crippen MR) is 142 cm³/mol. The molecule has 0 atom stereocenters. The number of nitrogens with zero attached hydrogens (tertiary/aromatic N) is 2. The van der Waals surface area contributed by atoms with Crippen LogP contribution in [0.15, 0.2) is 103 Å². The third-order valence-electron chi connectivity index (χ3n) is 5.90. The largest absolute Gasteiger partial charge is 0.497 e.